The number of ether oxygens (including phenoxy) is 1. The summed E-state index contributed by atoms with van der Waals surface area (Å²) in [7, 11) is 1.67. The van der Waals surface area contributed by atoms with Crippen LogP contribution in [0.5, 0.6) is 0 Å². The molecule has 2 rings (SSSR count). The van der Waals surface area contributed by atoms with Crippen LogP contribution in [0.1, 0.15) is 5.69 Å². The van der Waals surface area contributed by atoms with Crippen molar-refractivity contribution in [3.05, 3.63) is 39.7 Å². The second kappa shape index (κ2) is 7.05. The van der Waals surface area contributed by atoms with Crippen LogP contribution in [0.4, 0.5) is 0 Å². The van der Waals surface area contributed by atoms with E-state index in [2.05, 4.69) is 26.2 Å². The van der Waals surface area contributed by atoms with E-state index < -0.39 is 0 Å². The van der Waals surface area contributed by atoms with Crippen molar-refractivity contribution in [1.29, 1.82) is 0 Å². The van der Waals surface area contributed by atoms with Crippen LogP contribution in [0.3, 0.4) is 0 Å². The Morgan fingerprint density at radius 2 is 2.32 bits per heavy atom. The maximum absolute atomic E-state index is 6.16. The van der Waals surface area contributed by atoms with Crippen molar-refractivity contribution in [1.82, 2.24) is 10.3 Å². The predicted molar refractivity (Wildman–Crippen MR) is 78.2 cm³/mol. The zero-order valence-electron chi connectivity index (χ0n) is 10.5. The lowest BCUT2D eigenvalue weighted by Crippen LogP contribution is -2.18. The minimum absolute atomic E-state index is 0.529. The van der Waals surface area contributed by atoms with Gasteiger partial charge in [-0.15, -0.1) is 0 Å². The van der Waals surface area contributed by atoms with E-state index in [1.807, 2.05) is 18.2 Å². The topological polar surface area (TPSA) is 47.3 Å². The number of hydrogen-bond acceptors (Lipinski definition) is 4. The molecule has 0 fully saturated rings. The van der Waals surface area contributed by atoms with Gasteiger partial charge in [-0.2, -0.15) is 0 Å². The highest BCUT2D eigenvalue weighted by Crippen LogP contribution is 2.29. The summed E-state index contributed by atoms with van der Waals surface area (Å²) in [6.45, 7) is 2.09. The van der Waals surface area contributed by atoms with Crippen LogP contribution in [0.25, 0.3) is 11.5 Å². The average molecular weight is 346 g/mol. The predicted octanol–water partition coefficient (Wildman–Crippen LogP) is 3.49. The number of aromatic nitrogens is 1. The van der Waals surface area contributed by atoms with Gasteiger partial charge in [0.1, 0.15) is 6.26 Å². The number of benzene rings is 1. The molecule has 6 heteroatoms. The van der Waals surface area contributed by atoms with E-state index in [9.17, 15) is 0 Å². The molecule has 1 aromatic heterocycles. The Balaban J connectivity index is 2.04. The standard InChI is InChI=1S/C13H14BrClN2O2/c1-18-5-4-16-7-10-8-19-13(17-10)11-3-2-9(14)6-12(11)15/h2-3,6,8,16H,4-5,7H2,1H3. The van der Waals surface area contributed by atoms with Gasteiger partial charge in [0.05, 0.1) is 22.9 Å². The lowest BCUT2D eigenvalue weighted by Gasteiger charge is -2.00. The molecule has 0 aliphatic heterocycles. The summed E-state index contributed by atoms with van der Waals surface area (Å²) in [6.07, 6.45) is 1.63. The van der Waals surface area contributed by atoms with Gasteiger partial charge in [0.2, 0.25) is 5.89 Å². The summed E-state index contributed by atoms with van der Waals surface area (Å²) in [5.41, 5.74) is 1.62. The number of halogens is 2. The molecule has 0 aliphatic rings. The van der Waals surface area contributed by atoms with Crippen molar-refractivity contribution < 1.29 is 9.15 Å². The van der Waals surface area contributed by atoms with Gasteiger partial charge in [-0.05, 0) is 18.2 Å². The highest BCUT2D eigenvalue weighted by Gasteiger charge is 2.10. The van der Waals surface area contributed by atoms with Gasteiger partial charge in [0.15, 0.2) is 0 Å². The largest absolute Gasteiger partial charge is 0.444 e. The fourth-order valence-electron chi connectivity index (χ4n) is 1.57. The van der Waals surface area contributed by atoms with Crippen LogP contribution in [0, 0.1) is 0 Å². The fraction of sp³-hybridized carbons (Fsp3) is 0.308. The summed E-state index contributed by atoms with van der Waals surface area (Å²) < 4.78 is 11.3. The van der Waals surface area contributed by atoms with E-state index in [0.717, 1.165) is 22.3 Å². The lowest BCUT2D eigenvalue weighted by atomic mass is 10.2. The summed E-state index contributed by atoms with van der Waals surface area (Å²) in [4.78, 5) is 4.40. The number of nitrogens with one attached hydrogen (secondary N) is 1. The Labute approximate surface area is 125 Å². The first-order chi connectivity index (χ1) is 9.20. The summed E-state index contributed by atoms with van der Waals surface area (Å²) in [5.74, 6) is 0.529. The molecule has 0 unspecified atom stereocenters. The van der Waals surface area contributed by atoms with Crippen molar-refractivity contribution in [3.63, 3.8) is 0 Å². The van der Waals surface area contributed by atoms with Crippen LogP contribution >= 0.6 is 27.5 Å². The molecule has 1 aromatic carbocycles. The van der Waals surface area contributed by atoms with Crippen LogP contribution < -0.4 is 5.32 Å². The van der Waals surface area contributed by atoms with E-state index >= 15 is 0 Å². The van der Waals surface area contributed by atoms with Crippen molar-refractivity contribution >= 4 is 27.5 Å². The number of hydrogen-bond donors (Lipinski definition) is 1. The maximum Gasteiger partial charge on any atom is 0.227 e. The van der Waals surface area contributed by atoms with Crippen molar-refractivity contribution in [2.75, 3.05) is 20.3 Å². The molecule has 0 saturated carbocycles. The summed E-state index contributed by atoms with van der Waals surface area (Å²) >= 11 is 9.52. The highest BCUT2D eigenvalue weighted by atomic mass is 79.9. The monoisotopic (exact) mass is 344 g/mol. The molecule has 0 spiro atoms. The zero-order chi connectivity index (χ0) is 13.7. The minimum Gasteiger partial charge on any atom is -0.444 e. The molecule has 4 nitrogen and oxygen atoms in total. The van der Waals surface area contributed by atoms with E-state index in [-0.39, 0.29) is 0 Å². The Bertz CT molecular complexity index is 545. The van der Waals surface area contributed by atoms with Gasteiger partial charge in [-0.25, -0.2) is 4.98 Å². The molecule has 1 heterocycles. The van der Waals surface area contributed by atoms with Crippen molar-refractivity contribution in [3.8, 4) is 11.5 Å². The first-order valence-electron chi connectivity index (χ1n) is 5.80. The average Bonchev–Trinajstić information content (AvgIpc) is 2.83. The normalized spacial score (nSPS) is 10.9. The smallest absolute Gasteiger partial charge is 0.227 e. The summed E-state index contributed by atoms with van der Waals surface area (Å²) in [5, 5.41) is 3.81. The number of rotatable bonds is 6. The third-order valence-corrected chi connectivity index (χ3v) is 3.31. The van der Waals surface area contributed by atoms with E-state index in [1.54, 1.807) is 13.4 Å². The van der Waals surface area contributed by atoms with Crippen LogP contribution in [0.15, 0.2) is 33.4 Å². The van der Waals surface area contributed by atoms with Gasteiger partial charge in [0.25, 0.3) is 0 Å². The maximum atomic E-state index is 6.16. The van der Waals surface area contributed by atoms with Gasteiger partial charge in [-0.1, -0.05) is 27.5 Å². The highest BCUT2D eigenvalue weighted by molar-refractivity contribution is 9.10. The summed E-state index contributed by atoms with van der Waals surface area (Å²) in [6, 6.07) is 5.60. The zero-order valence-corrected chi connectivity index (χ0v) is 12.8. The molecule has 2 aromatic rings. The van der Waals surface area contributed by atoms with Crippen molar-refractivity contribution in [2.24, 2.45) is 0 Å². The third kappa shape index (κ3) is 4.04. The first kappa shape index (κ1) is 14.5. The van der Waals surface area contributed by atoms with Crippen LogP contribution in [-0.4, -0.2) is 25.2 Å². The second-order valence-corrected chi connectivity index (χ2v) is 5.26. The number of methoxy groups -OCH3 is 1. The first-order valence-corrected chi connectivity index (χ1v) is 6.97. The second-order valence-electron chi connectivity index (χ2n) is 3.94. The Hall–Kier alpha value is -0.880. The molecular weight excluding hydrogens is 332 g/mol. The molecular formula is C13H14BrClN2O2. The third-order valence-electron chi connectivity index (χ3n) is 2.50. The van der Waals surface area contributed by atoms with Crippen molar-refractivity contribution in [2.45, 2.75) is 6.54 Å². The van der Waals surface area contributed by atoms with Gasteiger partial charge in [-0.3, -0.25) is 0 Å². The molecule has 0 atom stereocenters. The molecule has 0 aliphatic carbocycles. The van der Waals surface area contributed by atoms with E-state index in [0.29, 0.717) is 24.1 Å². The molecule has 19 heavy (non-hydrogen) atoms. The van der Waals surface area contributed by atoms with Gasteiger partial charge >= 0.3 is 0 Å². The quantitative estimate of drug-likeness (QED) is 0.814. The van der Waals surface area contributed by atoms with E-state index in [4.69, 9.17) is 20.8 Å². The SMILES string of the molecule is COCCNCc1coc(-c2ccc(Br)cc2Cl)n1. The Morgan fingerprint density at radius 3 is 3.05 bits per heavy atom. The van der Waals surface area contributed by atoms with Crippen LogP contribution in [0.2, 0.25) is 5.02 Å². The molecule has 1 N–H and O–H groups in total. The molecule has 0 radical (unpaired) electrons. The molecule has 102 valence electrons. The fourth-order valence-corrected chi connectivity index (χ4v) is 2.32. The molecule has 0 bridgehead atoms. The van der Waals surface area contributed by atoms with Crippen LogP contribution in [-0.2, 0) is 11.3 Å². The lowest BCUT2D eigenvalue weighted by molar-refractivity contribution is 0.199. The van der Waals surface area contributed by atoms with Gasteiger partial charge in [0, 0.05) is 24.7 Å². The number of nitrogens with zero attached hydrogens (tertiary/aromatic N) is 1. The minimum atomic E-state index is 0.529. The Morgan fingerprint density at radius 1 is 1.47 bits per heavy atom. The number of oxazole rings is 1. The molecule has 0 saturated heterocycles. The Kier molecular flexibility index (Phi) is 5.39. The van der Waals surface area contributed by atoms with Gasteiger partial charge < -0.3 is 14.5 Å². The molecule has 0 amide bonds. The van der Waals surface area contributed by atoms with E-state index in [1.165, 1.54) is 0 Å².